The minimum Gasteiger partial charge on any atom is -0.460 e. The average Bonchev–Trinajstić information content (AvgIpc) is 2.24. The quantitative estimate of drug-likeness (QED) is 0.693. The Labute approximate surface area is 129 Å². The lowest BCUT2D eigenvalue weighted by atomic mass is 9.89. The summed E-state index contributed by atoms with van der Waals surface area (Å²) in [7, 11) is 0. The summed E-state index contributed by atoms with van der Waals surface area (Å²) in [5.41, 5.74) is -1.09. The number of esters is 2. The van der Waals surface area contributed by atoms with Crippen LogP contribution in [-0.2, 0) is 19.1 Å². The highest BCUT2D eigenvalue weighted by Gasteiger charge is 2.35. The zero-order valence-electron chi connectivity index (χ0n) is 14.9. The van der Waals surface area contributed by atoms with Gasteiger partial charge in [0.05, 0.1) is 11.8 Å². The summed E-state index contributed by atoms with van der Waals surface area (Å²) >= 11 is 0. The molecule has 2 unspecified atom stereocenters. The Morgan fingerprint density at radius 2 is 1.33 bits per heavy atom. The summed E-state index contributed by atoms with van der Waals surface area (Å²) in [6.45, 7) is 14.8. The van der Waals surface area contributed by atoms with E-state index in [2.05, 4.69) is 6.92 Å². The topological polar surface area (TPSA) is 52.6 Å². The van der Waals surface area contributed by atoms with Gasteiger partial charge in [0.15, 0.2) is 0 Å². The molecule has 0 aliphatic carbocycles. The third-order valence-corrected chi connectivity index (χ3v) is 2.96. The van der Waals surface area contributed by atoms with Crippen LogP contribution >= 0.6 is 0 Å². The van der Waals surface area contributed by atoms with Crippen LogP contribution < -0.4 is 0 Å². The summed E-state index contributed by atoms with van der Waals surface area (Å²) in [6, 6.07) is 0. The Morgan fingerprint density at radius 3 is 1.71 bits per heavy atom. The van der Waals surface area contributed by atoms with E-state index in [9.17, 15) is 9.59 Å². The van der Waals surface area contributed by atoms with Gasteiger partial charge >= 0.3 is 11.9 Å². The molecule has 0 N–H and O–H groups in total. The van der Waals surface area contributed by atoms with E-state index in [1.54, 1.807) is 6.92 Å². The van der Waals surface area contributed by atoms with Crippen molar-refractivity contribution in [2.45, 2.75) is 85.9 Å². The highest BCUT2D eigenvalue weighted by atomic mass is 16.6. The second kappa shape index (κ2) is 7.81. The first kappa shape index (κ1) is 19.9. The Hall–Kier alpha value is -1.06. The number of carbonyl (C=O) groups excluding carboxylic acids is 2. The minimum atomic E-state index is -0.547. The maximum Gasteiger partial charge on any atom is 0.310 e. The number of carbonyl (C=O) groups is 2. The van der Waals surface area contributed by atoms with Crippen molar-refractivity contribution in [1.29, 1.82) is 0 Å². The molecule has 0 aliphatic heterocycles. The molecule has 2 atom stereocenters. The van der Waals surface area contributed by atoms with Gasteiger partial charge in [-0.15, -0.1) is 0 Å². The van der Waals surface area contributed by atoms with Crippen molar-refractivity contribution >= 4 is 11.9 Å². The van der Waals surface area contributed by atoms with Crippen molar-refractivity contribution in [3.63, 3.8) is 0 Å². The predicted octanol–water partition coefficient (Wildman–Crippen LogP) is 4.11. The molecule has 0 aromatic rings. The molecule has 0 heterocycles. The summed E-state index contributed by atoms with van der Waals surface area (Å²) in [5.74, 6) is -1.59. The van der Waals surface area contributed by atoms with E-state index in [-0.39, 0.29) is 11.9 Å². The normalized spacial score (nSPS) is 15.2. The molecule has 0 fully saturated rings. The van der Waals surface area contributed by atoms with E-state index in [1.807, 2.05) is 41.5 Å². The summed E-state index contributed by atoms with van der Waals surface area (Å²) < 4.78 is 10.8. The van der Waals surface area contributed by atoms with Crippen LogP contribution in [0.4, 0.5) is 0 Å². The number of rotatable bonds is 6. The van der Waals surface area contributed by atoms with Crippen molar-refractivity contribution < 1.29 is 19.1 Å². The lowest BCUT2D eigenvalue weighted by molar-refractivity contribution is -0.172. The third-order valence-electron chi connectivity index (χ3n) is 2.96. The first-order valence-corrected chi connectivity index (χ1v) is 7.83. The lowest BCUT2D eigenvalue weighted by Crippen LogP contribution is -2.37. The molecule has 4 heteroatoms. The summed E-state index contributed by atoms with van der Waals surface area (Å²) in [6.07, 6.45) is 2.50. The first-order valence-electron chi connectivity index (χ1n) is 7.83. The van der Waals surface area contributed by atoms with E-state index in [0.717, 1.165) is 12.8 Å². The summed E-state index contributed by atoms with van der Waals surface area (Å²) in [5, 5.41) is 0. The average molecular weight is 300 g/mol. The zero-order valence-corrected chi connectivity index (χ0v) is 14.9. The number of unbranched alkanes of at least 4 members (excludes halogenated alkanes) is 1. The molecular formula is C17H32O4. The van der Waals surface area contributed by atoms with E-state index in [1.165, 1.54) is 0 Å². The molecule has 0 saturated carbocycles. The van der Waals surface area contributed by atoms with E-state index in [4.69, 9.17) is 9.47 Å². The highest BCUT2D eigenvalue weighted by Crippen LogP contribution is 2.25. The predicted molar refractivity (Wildman–Crippen MR) is 83.9 cm³/mol. The van der Waals surface area contributed by atoms with Crippen LogP contribution in [0.2, 0.25) is 0 Å². The second-order valence-electron chi connectivity index (χ2n) is 7.60. The molecule has 0 bridgehead atoms. The first-order chi connectivity index (χ1) is 9.37. The van der Waals surface area contributed by atoms with Gasteiger partial charge in [0, 0.05) is 0 Å². The monoisotopic (exact) mass is 300 g/mol. The highest BCUT2D eigenvalue weighted by molar-refractivity contribution is 5.82. The van der Waals surface area contributed by atoms with E-state index >= 15 is 0 Å². The Bertz CT molecular complexity index is 347. The molecule has 21 heavy (non-hydrogen) atoms. The largest absolute Gasteiger partial charge is 0.460 e. The molecule has 0 rings (SSSR count). The Balaban J connectivity index is 4.96. The summed E-state index contributed by atoms with van der Waals surface area (Å²) in [4.78, 5) is 24.5. The van der Waals surface area contributed by atoms with Gasteiger partial charge in [0.25, 0.3) is 0 Å². The molecule has 0 aromatic heterocycles. The van der Waals surface area contributed by atoms with Crippen LogP contribution in [0.5, 0.6) is 0 Å². The van der Waals surface area contributed by atoms with Crippen molar-refractivity contribution in [2.75, 3.05) is 0 Å². The van der Waals surface area contributed by atoms with Crippen LogP contribution in [0.15, 0.2) is 0 Å². The van der Waals surface area contributed by atoms with Crippen molar-refractivity contribution in [3.05, 3.63) is 0 Å². The molecule has 0 amide bonds. The van der Waals surface area contributed by atoms with Gasteiger partial charge < -0.3 is 9.47 Å². The van der Waals surface area contributed by atoms with Crippen molar-refractivity contribution in [3.8, 4) is 0 Å². The van der Waals surface area contributed by atoms with Gasteiger partial charge in [-0.1, -0.05) is 26.7 Å². The fourth-order valence-electron chi connectivity index (χ4n) is 1.93. The van der Waals surface area contributed by atoms with Crippen LogP contribution in [0, 0.1) is 11.8 Å². The Morgan fingerprint density at radius 1 is 0.905 bits per heavy atom. The maximum absolute atomic E-state index is 12.3. The van der Waals surface area contributed by atoms with Gasteiger partial charge in [0.2, 0.25) is 0 Å². The van der Waals surface area contributed by atoms with Crippen molar-refractivity contribution in [2.24, 2.45) is 11.8 Å². The zero-order chi connectivity index (χ0) is 16.8. The molecule has 0 aromatic carbocycles. The fraction of sp³-hybridized carbons (Fsp3) is 0.882. The molecule has 0 saturated heterocycles. The standard InChI is InChI=1S/C17H32O4/c1-9-10-11-13(15(19)21-17(6,7)8)12(2)14(18)20-16(3,4)5/h12-13H,9-11H2,1-8H3. The third kappa shape index (κ3) is 8.74. The van der Waals surface area contributed by atoms with Crippen LogP contribution in [-0.4, -0.2) is 23.1 Å². The van der Waals surface area contributed by atoms with Gasteiger partial charge in [-0.25, -0.2) is 0 Å². The number of hydrogen-bond acceptors (Lipinski definition) is 4. The molecule has 124 valence electrons. The maximum atomic E-state index is 12.3. The van der Waals surface area contributed by atoms with Gasteiger partial charge in [-0.3, -0.25) is 9.59 Å². The smallest absolute Gasteiger partial charge is 0.310 e. The van der Waals surface area contributed by atoms with Crippen molar-refractivity contribution in [1.82, 2.24) is 0 Å². The van der Waals surface area contributed by atoms with Gasteiger partial charge in [-0.05, 0) is 48.0 Å². The van der Waals surface area contributed by atoms with Gasteiger partial charge in [-0.2, -0.15) is 0 Å². The number of hydrogen-bond donors (Lipinski definition) is 0. The molecule has 0 radical (unpaired) electrons. The SMILES string of the molecule is CCCCC(C(=O)OC(C)(C)C)C(C)C(=O)OC(C)(C)C. The number of ether oxygens (including phenoxy) is 2. The molecule has 0 spiro atoms. The van der Waals surface area contributed by atoms with Crippen LogP contribution in [0.3, 0.4) is 0 Å². The van der Waals surface area contributed by atoms with E-state index < -0.39 is 23.0 Å². The second-order valence-corrected chi connectivity index (χ2v) is 7.60. The van der Waals surface area contributed by atoms with Gasteiger partial charge in [0.1, 0.15) is 11.2 Å². The molecule has 4 nitrogen and oxygen atoms in total. The van der Waals surface area contributed by atoms with Crippen LogP contribution in [0.1, 0.15) is 74.7 Å². The van der Waals surface area contributed by atoms with Crippen LogP contribution in [0.25, 0.3) is 0 Å². The van der Waals surface area contributed by atoms with E-state index in [0.29, 0.717) is 6.42 Å². The lowest BCUT2D eigenvalue weighted by Gasteiger charge is -2.28. The Kier molecular flexibility index (Phi) is 7.41. The minimum absolute atomic E-state index is 0.311. The molecular weight excluding hydrogens is 268 g/mol. The molecule has 0 aliphatic rings. The fourth-order valence-corrected chi connectivity index (χ4v) is 1.93.